The third kappa shape index (κ3) is 7.56. The van der Waals surface area contributed by atoms with Crippen LogP contribution < -0.4 is 20.4 Å². The Balaban J connectivity index is 1.24. The van der Waals surface area contributed by atoms with E-state index in [1.807, 2.05) is 36.4 Å². The van der Waals surface area contributed by atoms with E-state index in [0.29, 0.717) is 21.7 Å². The van der Waals surface area contributed by atoms with E-state index in [4.69, 9.17) is 25.5 Å². The Kier molecular flexibility index (Phi) is 11.0. The lowest BCUT2D eigenvalue weighted by molar-refractivity contribution is -0.125. The maximum atomic E-state index is 13.6. The third-order valence-corrected chi connectivity index (χ3v) is 13.8. The van der Waals surface area contributed by atoms with Crippen LogP contribution in [0, 0.1) is 17.1 Å². The molecule has 0 saturated heterocycles. The first-order valence-corrected chi connectivity index (χ1v) is 18.7. The first kappa shape index (κ1) is 36.3. The van der Waals surface area contributed by atoms with Crippen molar-refractivity contribution < 1.29 is 23.1 Å². The minimum absolute atomic E-state index is 0.0428. The zero-order chi connectivity index (χ0) is 36.7. The summed E-state index contributed by atoms with van der Waals surface area (Å²) in [7, 11) is -2.82. The number of amides is 1. The summed E-state index contributed by atoms with van der Waals surface area (Å²) >= 11 is 6.46. The molecule has 14 heteroatoms. The molecule has 11 nitrogen and oxygen atoms in total. The van der Waals surface area contributed by atoms with Crippen LogP contribution in [0.2, 0.25) is 10.1 Å². The zero-order valence-electron chi connectivity index (χ0n) is 28.7. The van der Waals surface area contributed by atoms with Gasteiger partial charge in [-0.3, -0.25) is 4.79 Å². The molecule has 1 N–H and O–H groups in total. The lowest BCUT2D eigenvalue weighted by Gasteiger charge is -2.43. The first-order valence-electron chi connectivity index (χ1n) is 16.4. The van der Waals surface area contributed by atoms with Gasteiger partial charge in [-0.25, -0.2) is 24.0 Å². The summed E-state index contributed by atoms with van der Waals surface area (Å²) in [5.74, 6) is -0.989. The van der Waals surface area contributed by atoms with Crippen molar-refractivity contribution in [2.24, 2.45) is 0 Å². The number of carbonyl (C=O) groups excluding carboxylic acids is 1. The fraction of sp³-hybridized carbons (Fsp3) is 0.211. The number of pyridine rings is 1. The van der Waals surface area contributed by atoms with Crippen LogP contribution in [-0.4, -0.2) is 64.9 Å². The molecule has 0 aliphatic carbocycles. The molecular formula is C38H35ClFN7O4Si. The summed E-state index contributed by atoms with van der Waals surface area (Å²) in [5, 5.41) is 19.5. The summed E-state index contributed by atoms with van der Waals surface area (Å²) in [4.78, 5) is 26.2. The lowest BCUT2D eigenvalue weighted by atomic mass is 10.2. The molecule has 0 unspecified atom stereocenters. The number of nitrogens with one attached hydrogen (secondary N) is 1. The third-order valence-electron chi connectivity index (χ3n) is 8.41. The summed E-state index contributed by atoms with van der Waals surface area (Å²) in [6.45, 7) is 6.76. The van der Waals surface area contributed by atoms with Gasteiger partial charge in [0.1, 0.15) is 35.1 Å². The van der Waals surface area contributed by atoms with Crippen LogP contribution in [0.3, 0.4) is 0 Å². The number of hydrogen-bond acceptors (Lipinski definition) is 9. The smallest absolute Gasteiger partial charge is 0.269 e. The molecule has 264 valence electrons. The van der Waals surface area contributed by atoms with Crippen molar-refractivity contribution >= 4 is 53.1 Å². The highest BCUT2D eigenvalue weighted by Gasteiger charge is 2.50. The van der Waals surface area contributed by atoms with Gasteiger partial charge in [0.15, 0.2) is 5.65 Å². The topological polar surface area (TPSA) is 137 Å². The standard InChI is InChI=1S/C38H35ClFN7O4Si/c1-38(2,3)52(28-12-6-4-7-13-28,29-14-8-5-9-15-29)50-20-19-49-24-32(36(48)46-33-18-17-27(40)22-42-33)51-37-30-23-45-47(35(30)43-25-44-37)34-26(21-41)11-10-16-31(34)39/h4-18,22-23,25,32H,19-20,24H2,1-3H3,(H,42,46,48)/t32-/m0/s1. The van der Waals surface area contributed by atoms with E-state index in [2.05, 4.69) is 76.5 Å². The maximum Gasteiger partial charge on any atom is 0.269 e. The van der Waals surface area contributed by atoms with E-state index in [9.17, 15) is 14.4 Å². The highest BCUT2D eigenvalue weighted by atomic mass is 35.5. The highest BCUT2D eigenvalue weighted by molar-refractivity contribution is 6.99. The Bertz CT molecular complexity index is 2150. The molecule has 3 heterocycles. The van der Waals surface area contributed by atoms with Gasteiger partial charge in [-0.05, 0) is 39.7 Å². The predicted molar refractivity (Wildman–Crippen MR) is 198 cm³/mol. The molecule has 0 aliphatic rings. The van der Waals surface area contributed by atoms with Crippen LogP contribution in [0.5, 0.6) is 5.88 Å². The molecule has 0 saturated carbocycles. The Morgan fingerprint density at radius 2 is 1.65 bits per heavy atom. The van der Waals surface area contributed by atoms with Gasteiger partial charge in [-0.2, -0.15) is 10.4 Å². The second-order valence-corrected chi connectivity index (χ2v) is 17.5. The van der Waals surface area contributed by atoms with Gasteiger partial charge < -0.3 is 19.2 Å². The lowest BCUT2D eigenvalue weighted by Crippen LogP contribution is -2.66. The summed E-state index contributed by atoms with van der Waals surface area (Å²) < 4.78 is 34.2. The number of benzene rings is 3. The van der Waals surface area contributed by atoms with Crippen molar-refractivity contribution in [3.63, 3.8) is 0 Å². The van der Waals surface area contributed by atoms with Gasteiger partial charge in [0.05, 0.1) is 42.8 Å². The van der Waals surface area contributed by atoms with Crippen LogP contribution in [-0.2, 0) is 14.0 Å². The zero-order valence-corrected chi connectivity index (χ0v) is 30.4. The fourth-order valence-corrected chi connectivity index (χ4v) is 10.9. The van der Waals surface area contributed by atoms with E-state index < -0.39 is 26.1 Å². The predicted octanol–water partition coefficient (Wildman–Crippen LogP) is 5.85. The molecule has 0 radical (unpaired) electrons. The normalized spacial score (nSPS) is 12.3. The molecule has 1 atom stereocenters. The maximum absolute atomic E-state index is 13.6. The molecule has 0 aliphatic heterocycles. The van der Waals surface area contributed by atoms with Crippen LogP contribution in [0.25, 0.3) is 16.7 Å². The number of carbonyl (C=O) groups is 1. The Labute approximate surface area is 306 Å². The van der Waals surface area contributed by atoms with Crippen LogP contribution in [0.15, 0.2) is 110 Å². The van der Waals surface area contributed by atoms with Crippen molar-refractivity contribution in [2.75, 3.05) is 25.1 Å². The van der Waals surface area contributed by atoms with E-state index >= 15 is 0 Å². The van der Waals surface area contributed by atoms with Gasteiger partial charge in [0.2, 0.25) is 12.0 Å². The minimum Gasteiger partial charge on any atom is -0.461 e. The van der Waals surface area contributed by atoms with E-state index in [0.717, 1.165) is 16.6 Å². The minimum atomic E-state index is -2.82. The highest BCUT2D eigenvalue weighted by Crippen LogP contribution is 2.36. The summed E-state index contributed by atoms with van der Waals surface area (Å²) in [6, 6.07) is 30.1. The molecular weight excluding hydrogens is 701 g/mol. The van der Waals surface area contributed by atoms with Gasteiger partial charge in [-0.15, -0.1) is 0 Å². The van der Waals surface area contributed by atoms with Crippen molar-refractivity contribution in [3.05, 3.63) is 126 Å². The number of para-hydroxylation sites is 1. The number of nitrogens with zero attached hydrogens (tertiary/aromatic N) is 6. The number of hydrogen-bond donors (Lipinski definition) is 1. The number of aromatic nitrogens is 5. The van der Waals surface area contributed by atoms with Crippen LogP contribution in [0.4, 0.5) is 10.2 Å². The van der Waals surface area contributed by atoms with Gasteiger partial charge in [0, 0.05) is 0 Å². The number of nitriles is 1. The molecule has 52 heavy (non-hydrogen) atoms. The SMILES string of the molecule is CC(C)(C)[Si](OCCOC[C@H](Oc1ncnc2c1cnn2-c1c(Cl)cccc1C#N)C(=O)Nc1ccc(F)cn1)(c1ccccc1)c1ccccc1. The largest absolute Gasteiger partial charge is 0.461 e. The molecule has 3 aromatic heterocycles. The van der Waals surface area contributed by atoms with E-state index in [1.54, 1.807) is 18.2 Å². The number of halogens is 2. The Hall–Kier alpha value is -5.52. The van der Waals surface area contributed by atoms with E-state index in [-0.39, 0.29) is 42.1 Å². The number of anilines is 1. The number of rotatable bonds is 13. The second-order valence-electron chi connectivity index (χ2n) is 12.8. The molecule has 0 spiro atoms. The van der Waals surface area contributed by atoms with Crippen molar-refractivity contribution in [2.45, 2.75) is 31.9 Å². The summed E-state index contributed by atoms with van der Waals surface area (Å²) in [6.07, 6.45) is 2.48. The van der Waals surface area contributed by atoms with Gasteiger partial charge >= 0.3 is 0 Å². The van der Waals surface area contributed by atoms with Gasteiger partial charge in [0.25, 0.3) is 14.2 Å². The van der Waals surface area contributed by atoms with Gasteiger partial charge in [-0.1, -0.05) is 99.1 Å². The monoisotopic (exact) mass is 735 g/mol. The number of ether oxygens (including phenoxy) is 2. The Morgan fingerprint density at radius 3 is 2.29 bits per heavy atom. The summed E-state index contributed by atoms with van der Waals surface area (Å²) in [5.41, 5.74) is 0.928. The first-order chi connectivity index (χ1) is 25.1. The van der Waals surface area contributed by atoms with Crippen LogP contribution in [0.1, 0.15) is 26.3 Å². The molecule has 3 aromatic carbocycles. The van der Waals surface area contributed by atoms with Crippen molar-refractivity contribution in [1.29, 1.82) is 5.26 Å². The van der Waals surface area contributed by atoms with Crippen molar-refractivity contribution in [3.8, 4) is 17.6 Å². The average molecular weight is 736 g/mol. The average Bonchev–Trinajstić information content (AvgIpc) is 3.58. The van der Waals surface area contributed by atoms with Crippen molar-refractivity contribution in [1.82, 2.24) is 24.7 Å². The number of fused-ring (bicyclic) bond motifs is 1. The molecule has 6 rings (SSSR count). The molecule has 6 aromatic rings. The molecule has 1 amide bonds. The molecule has 0 fully saturated rings. The fourth-order valence-electron chi connectivity index (χ4n) is 6.06. The second kappa shape index (κ2) is 15.8. The van der Waals surface area contributed by atoms with Crippen LogP contribution >= 0.6 is 11.6 Å². The molecule has 0 bridgehead atoms. The quantitative estimate of drug-likeness (QED) is 0.114. The Morgan fingerprint density at radius 1 is 0.942 bits per heavy atom. The van der Waals surface area contributed by atoms with E-state index in [1.165, 1.54) is 29.3 Å².